The average Bonchev–Trinajstić information content (AvgIpc) is 3.16. The van der Waals surface area contributed by atoms with Gasteiger partial charge in [0.1, 0.15) is 11.5 Å². The number of benzene rings is 1. The number of halogens is 1. The molecule has 0 saturated carbocycles. The molecule has 1 unspecified atom stereocenters. The van der Waals surface area contributed by atoms with Crippen LogP contribution in [0.4, 0.5) is 0 Å². The lowest BCUT2D eigenvalue weighted by molar-refractivity contribution is 0.287. The Morgan fingerprint density at radius 1 is 1.19 bits per heavy atom. The lowest BCUT2D eigenvalue weighted by Gasteiger charge is -2.21. The summed E-state index contributed by atoms with van der Waals surface area (Å²) in [5.41, 5.74) is 1.04. The number of nitrogens with zero attached hydrogens (tertiary/aromatic N) is 2. The van der Waals surface area contributed by atoms with Crippen LogP contribution in [0.1, 0.15) is 32.3 Å². The zero-order valence-corrected chi connectivity index (χ0v) is 19.4. The van der Waals surface area contributed by atoms with Gasteiger partial charge < -0.3 is 25.0 Å². The number of rotatable bonds is 9. The predicted octanol–water partition coefficient (Wildman–Crippen LogP) is 3.11. The molecule has 1 atom stereocenters. The molecule has 1 fully saturated rings. The maximum Gasteiger partial charge on any atom is 0.191 e. The fourth-order valence-corrected chi connectivity index (χ4v) is 3.23. The molecular formula is C20H35IN4O2. The zero-order chi connectivity index (χ0) is 18.8. The summed E-state index contributed by atoms with van der Waals surface area (Å²) in [7, 11) is 3.33. The SMILES string of the molecule is CCNC(=NCc1ccc(OC)cc1OC)NCC(C)CN1CCCC1.I. The Hall–Kier alpha value is -1.22. The summed E-state index contributed by atoms with van der Waals surface area (Å²) in [4.78, 5) is 7.27. The monoisotopic (exact) mass is 490 g/mol. The van der Waals surface area contributed by atoms with Gasteiger partial charge in [0.15, 0.2) is 5.96 Å². The van der Waals surface area contributed by atoms with E-state index in [1.54, 1.807) is 14.2 Å². The summed E-state index contributed by atoms with van der Waals surface area (Å²) in [6.45, 7) is 10.3. The normalized spacial score (nSPS) is 15.8. The van der Waals surface area contributed by atoms with E-state index in [1.165, 1.54) is 25.9 Å². The van der Waals surface area contributed by atoms with Gasteiger partial charge in [-0.3, -0.25) is 0 Å². The lowest BCUT2D eigenvalue weighted by atomic mass is 10.1. The maximum absolute atomic E-state index is 5.46. The molecule has 1 aromatic carbocycles. The third-order valence-corrected chi connectivity index (χ3v) is 4.63. The first-order valence-electron chi connectivity index (χ1n) is 9.61. The van der Waals surface area contributed by atoms with Gasteiger partial charge in [-0.1, -0.05) is 6.92 Å². The first kappa shape index (κ1) is 23.8. The highest BCUT2D eigenvalue weighted by atomic mass is 127. The molecule has 27 heavy (non-hydrogen) atoms. The van der Waals surface area contributed by atoms with E-state index in [4.69, 9.17) is 14.5 Å². The van der Waals surface area contributed by atoms with E-state index >= 15 is 0 Å². The Balaban J connectivity index is 0.00000364. The highest BCUT2D eigenvalue weighted by Gasteiger charge is 2.14. The highest BCUT2D eigenvalue weighted by Crippen LogP contribution is 2.25. The molecule has 7 heteroatoms. The fourth-order valence-electron chi connectivity index (χ4n) is 3.23. The molecule has 2 rings (SSSR count). The summed E-state index contributed by atoms with van der Waals surface area (Å²) in [6.07, 6.45) is 2.68. The minimum absolute atomic E-state index is 0. The third kappa shape index (κ3) is 8.13. The molecule has 0 aromatic heterocycles. The van der Waals surface area contributed by atoms with E-state index < -0.39 is 0 Å². The van der Waals surface area contributed by atoms with Gasteiger partial charge in [0.05, 0.1) is 20.8 Å². The van der Waals surface area contributed by atoms with Crippen molar-refractivity contribution in [2.45, 2.75) is 33.2 Å². The van der Waals surface area contributed by atoms with Crippen LogP contribution in [-0.2, 0) is 6.54 Å². The number of hydrogen-bond acceptors (Lipinski definition) is 4. The molecule has 0 spiro atoms. The Morgan fingerprint density at radius 2 is 1.93 bits per heavy atom. The molecule has 2 N–H and O–H groups in total. The molecule has 1 aliphatic rings. The molecule has 0 aliphatic carbocycles. The van der Waals surface area contributed by atoms with Crippen molar-refractivity contribution >= 4 is 29.9 Å². The van der Waals surface area contributed by atoms with E-state index in [1.807, 2.05) is 18.2 Å². The molecule has 0 radical (unpaired) electrons. The minimum Gasteiger partial charge on any atom is -0.497 e. The zero-order valence-electron chi connectivity index (χ0n) is 17.1. The van der Waals surface area contributed by atoms with E-state index in [0.717, 1.165) is 42.7 Å². The molecule has 1 aromatic rings. The first-order chi connectivity index (χ1) is 12.7. The van der Waals surface area contributed by atoms with Crippen LogP contribution in [0, 0.1) is 5.92 Å². The van der Waals surface area contributed by atoms with Crippen LogP contribution in [0.25, 0.3) is 0 Å². The summed E-state index contributed by atoms with van der Waals surface area (Å²) in [5, 5.41) is 6.79. The van der Waals surface area contributed by atoms with Gasteiger partial charge in [-0.05, 0) is 50.9 Å². The first-order valence-corrected chi connectivity index (χ1v) is 9.61. The van der Waals surface area contributed by atoms with Crippen LogP contribution in [-0.4, -0.2) is 57.8 Å². The fraction of sp³-hybridized carbons (Fsp3) is 0.650. The van der Waals surface area contributed by atoms with Crippen LogP contribution in [0.2, 0.25) is 0 Å². The molecule has 6 nitrogen and oxygen atoms in total. The van der Waals surface area contributed by atoms with Crippen molar-refractivity contribution in [1.29, 1.82) is 0 Å². The molecule has 1 saturated heterocycles. The van der Waals surface area contributed by atoms with Gasteiger partial charge in [0.25, 0.3) is 0 Å². The number of guanidine groups is 1. The number of ether oxygens (including phenoxy) is 2. The summed E-state index contributed by atoms with van der Waals surface area (Å²) < 4.78 is 10.7. The van der Waals surface area contributed by atoms with Crippen molar-refractivity contribution in [2.75, 3.05) is 46.9 Å². The van der Waals surface area contributed by atoms with E-state index in [9.17, 15) is 0 Å². The average molecular weight is 490 g/mol. The smallest absolute Gasteiger partial charge is 0.191 e. The van der Waals surface area contributed by atoms with Gasteiger partial charge in [-0.2, -0.15) is 0 Å². The Bertz CT molecular complexity index is 577. The second-order valence-electron chi connectivity index (χ2n) is 6.87. The topological polar surface area (TPSA) is 58.1 Å². The third-order valence-electron chi connectivity index (χ3n) is 4.63. The van der Waals surface area contributed by atoms with Crippen LogP contribution in [0.3, 0.4) is 0 Å². The second kappa shape index (κ2) is 13.0. The van der Waals surface area contributed by atoms with Gasteiger partial charge in [0, 0.05) is 31.3 Å². The van der Waals surface area contributed by atoms with Crippen molar-refractivity contribution in [3.63, 3.8) is 0 Å². The van der Waals surface area contributed by atoms with E-state index in [2.05, 4.69) is 29.4 Å². The number of aliphatic imine (C=N–C) groups is 1. The number of hydrogen-bond donors (Lipinski definition) is 2. The van der Waals surface area contributed by atoms with E-state index in [-0.39, 0.29) is 24.0 Å². The largest absolute Gasteiger partial charge is 0.497 e. The van der Waals surface area contributed by atoms with Crippen molar-refractivity contribution in [3.05, 3.63) is 23.8 Å². The second-order valence-corrected chi connectivity index (χ2v) is 6.87. The maximum atomic E-state index is 5.46. The van der Waals surface area contributed by atoms with Gasteiger partial charge in [0.2, 0.25) is 0 Å². The van der Waals surface area contributed by atoms with Crippen LogP contribution >= 0.6 is 24.0 Å². The van der Waals surface area contributed by atoms with Crippen LogP contribution < -0.4 is 20.1 Å². The van der Waals surface area contributed by atoms with Crippen molar-refractivity contribution in [3.8, 4) is 11.5 Å². The van der Waals surface area contributed by atoms with E-state index in [0.29, 0.717) is 12.5 Å². The molecule has 0 bridgehead atoms. The summed E-state index contributed by atoms with van der Waals surface area (Å²) in [5.74, 6) is 3.02. The van der Waals surface area contributed by atoms with Gasteiger partial charge in [-0.15, -0.1) is 24.0 Å². The Labute approximate surface area is 181 Å². The standard InChI is InChI=1S/C20H34N4O2.HI/c1-5-21-20(22-13-16(2)15-24-10-6-7-11-24)23-14-17-8-9-18(25-3)12-19(17)26-4;/h8-9,12,16H,5-7,10-11,13-15H2,1-4H3,(H2,21,22,23);1H. The summed E-state index contributed by atoms with van der Waals surface area (Å²) in [6, 6.07) is 5.83. The Morgan fingerprint density at radius 3 is 2.56 bits per heavy atom. The molecule has 154 valence electrons. The van der Waals surface area contributed by atoms with Gasteiger partial charge in [-0.25, -0.2) is 4.99 Å². The predicted molar refractivity (Wildman–Crippen MR) is 123 cm³/mol. The molecule has 0 amide bonds. The number of methoxy groups -OCH3 is 2. The number of nitrogens with one attached hydrogen (secondary N) is 2. The minimum atomic E-state index is 0. The number of likely N-dealkylation sites (tertiary alicyclic amines) is 1. The van der Waals surface area contributed by atoms with Crippen LogP contribution in [0.5, 0.6) is 11.5 Å². The van der Waals surface area contributed by atoms with Gasteiger partial charge >= 0.3 is 0 Å². The lowest BCUT2D eigenvalue weighted by Crippen LogP contribution is -2.41. The molecule has 1 heterocycles. The molecular weight excluding hydrogens is 455 g/mol. The summed E-state index contributed by atoms with van der Waals surface area (Å²) >= 11 is 0. The molecule has 1 aliphatic heterocycles. The van der Waals surface area contributed by atoms with Crippen molar-refractivity contribution in [1.82, 2.24) is 15.5 Å². The highest BCUT2D eigenvalue weighted by molar-refractivity contribution is 14.0. The quantitative estimate of drug-likeness (QED) is 0.317. The van der Waals surface area contributed by atoms with Crippen molar-refractivity contribution < 1.29 is 9.47 Å². The van der Waals surface area contributed by atoms with Crippen molar-refractivity contribution in [2.24, 2.45) is 10.9 Å². The Kier molecular flexibility index (Phi) is 11.5. The van der Waals surface area contributed by atoms with Crippen LogP contribution in [0.15, 0.2) is 23.2 Å².